The Balaban J connectivity index is 2.39. The predicted octanol–water partition coefficient (Wildman–Crippen LogP) is 3.03. The summed E-state index contributed by atoms with van der Waals surface area (Å²) < 4.78 is 99.8. The average Bonchev–Trinajstić information content (AvgIpc) is 2.70. The number of benzene rings is 1. The van der Waals surface area contributed by atoms with Gasteiger partial charge in [0.05, 0.1) is 28.2 Å². The summed E-state index contributed by atoms with van der Waals surface area (Å²) in [6.07, 6.45) is -10.1. The van der Waals surface area contributed by atoms with Gasteiger partial charge in [-0.25, -0.2) is 8.42 Å². The molecule has 1 aliphatic heterocycles. The maximum atomic E-state index is 12.8. The molecular weight excluding hydrogens is 376 g/mol. The van der Waals surface area contributed by atoms with E-state index >= 15 is 0 Å². The van der Waals surface area contributed by atoms with Gasteiger partial charge in [0.25, 0.3) is 5.91 Å². The third kappa shape index (κ3) is 4.65. The fraction of sp³-hybridized carbons (Fsp3) is 0.500. The molecule has 1 fully saturated rings. The van der Waals surface area contributed by atoms with Gasteiger partial charge in [0.1, 0.15) is 0 Å². The summed E-state index contributed by atoms with van der Waals surface area (Å²) in [6.45, 7) is 1.37. The lowest BCUT2D eigenvalue weighted by Crippen LogP contribution is -2.47. The first-order valence-corrected chi connectivity index (χ1v) is 8.76. The molecule has 25 heavy (non-hydrogen) atoms. The maximum absolute atomic E-state index is 12.8. The molecule has 1 amide bonds. The number of hydrogen-bond donors (Lipinski definition) is 1. The van der Waals surface area contributed by atoms with Crippen LogP contribution in [0.1, 0.15) is 34.8 Å². The van der Waals surface area contributed by atoms with Crippen LogP contribution < -0.4 is 5.32 Å². The third-order valence-electron chi connectivity index (χ3n) is 3.77. The topological polar surface area (TPSA) is 63.2 Å². The summed E-state index contributed by atoms with van der Waals surface area (Å²) in [4.78, 5) is 12.1. The van der Waals surface area contributed by atoms with Gasteiger partial charge in [-0.2, -0.15) is 26.3 Å². The summed E-state index contributed by atoms with van der Waals surface area (Å²) in [5.41, 5.74) is -5.32. The van der Waals surface area contributed by atoms with Gasteiger partial charge in [0.15, 0.2) is 9.84 Å². The molecule has 1 saturated heterocycles. The largest absolute Gasteiger partial charge is 0.416 e. The number of sulfone groups is 1. The van der Waals surface area contributed by atoms with Crippen molar-refractivity contribution < 1.29 is 39.6 Å². The van der Waals surface area contributed by atoms with Crippen molar-refractivity contribution in [3.05, 3.63) is 34.9 Å². The van der Waals surface area contributed by atoms with Gasteiger partial charge >= 0.3 is 12.4 Å². The van der Waals surface area contributed by atoms with E-state index in [4.69, 9.17) is 0 Å². The van der Waals surface area contributed by atoms with E-state index in [0.717, 1.165) is 0 Å². The SMILES string of the molecule is CC1(NC(=O)c2cc(C(F)(F)F)cc(C(F)(F)F)c2)CCS(=O)(=O)C1. The van der Waals surface area contributed by atoms with E-state index in [1.807, 2.05) is 0 Å². The van der Waals surface area contributed by atoms with Crippen LogP contribution in [0.3, 0.4) is 0 Å². The van der Waals surface area contributed by atoms with Gasteiger partial charge < -0.3 is 5.32 Å². The molecule has 0 bridgehead atoms. The highest BCUT2D eigenvalue weighted by Crippen LogP contribution is 2.36. The lowest BCUT2D eigenvalue weighted by Gasteiger charge is -2.24. The van der Waals surface area contributed by atoms with Gasteiger partial charge in [0.2, 0.25) is 0 Å². The molecule has 1 aromatic carbocycles. The van der Waals surface area contributed by atoms with E-state index in [1.165, 1.54) is 6.92 Å². The minimum atomic E-state index is -5.07. The molecule has 1 unspecified atom stereocenters. The van der Waals surface area contributed by atoms with Gasteiger partial charge in [-0.05, 0) is 31.5 Å². The normalized spacial score (nSPS) is 23.5. The van der Waals surface area contributed by atoms with Crippen LogP contribution >= 0.6 is 0 Å². The van der Waals surface area contributed by atoms with Crippen molar-refractivity contribution in [3.8, 4) is 0 Å². The van der Waals surface area contributed by atoms with Gasteiger partial charge in [0, 0.05) is 5.56 Å². The zero-order valence-electron chi connectivity index (χ0n) is 12.8. The highest BCUT2D eigenvalue weighted by molar-refractivity contribution is 7.91. The molecule has 0 spiro atoms. The number of carbonyl (C=O) groups excluding carboxylic acids is 1. The quantitative estimate of drug-likeness (QED) is 0.791. The van der Waals surface area contributed by atoms with Crippen molar-refractivity contribution in [2.45, 2.75) is 31.2 Å². The highest BCUT2D eigenvalue weighted by atomic mass is 32.2. The molecule has 0 saturated carbocycles. The van der Waals surface area contributed by atoms with E-state index in [0.29, 0.717) is 12.1 Å². The molecule has 0 aliphatic carbocycles. The molecule has 140 valence electrons. The first kappa shape index (κ1) is 19.5. The minimum absolute atomic E-state index is 0.0200. The first-order valence-electron chi connectivity index (χ1n) is 6.94. The summed E-state index contributed by atoms with van der Waals surface area (Å²) in [5.74, 6) is -1.85. The third-order valence-corrected chi connectivity index (χ3v) is 5.67. The molecular formula is C14H13F6NO3S. The number of alkyl halides is 6. The lowest BCUT2D eigenvalue weighted by atomic mass is 9.99. The number of hydrogen-bond acceptors (Lipinski definition) is 3. The Labute approximate surface area is 139 Å². The average molecular weight is 389 g/mol. The van der Waals surface area contributed by atoms with Crippen molar-refractivity contribution in [1.82, 2.24) is 5.32 Å². The fourth-order valence-electron chi connectivity index (χ4n) is 2.54. The zero-order chi connectivity index (χ0) is 19.3. The molecule has 1 aromatic rings. The minimum Gasteiger partial charge on any atom is -0.346 e. The molecule has 1 N–H and O–H groups in total. The van der Waals surface area contributed by atoms with Gasteiger partial charge in [-0.1, -0.05) is 0 Å². The van der Waals surface area contributed by atoms with Crippen LogP contribution in [0.2, 0.25) is 0 Å². The second kappa shape index (κ2) is 5.89. The van der Waals surface area contributed by atoms with Crippen LogP contribution in [0.15, 0.2) is 18.2 Å². The van der Waals surface area contributed by atoms with Crippen LogP contribution in [0.25, 0.3) is 0 Å². The number of rotatable bonds is 2. The van der Waals surface area contributed by atoms with E-state index in [2.05, 4.69) is 5.32 Å². The number of amides is 1. The van der Waals surface area contributed by atoms with Crippen molar-refractivity contribution in [1.29, 1.82) is 0 Å². The van der Waals surface area contributed by atoms with E-state index in [-0.39, 0.29) is 18.2 Å². The monoisotopic (exact) mass is 389 g/mol. The second-order valence-corrected chi connectivity index (χ2v) is 8.34. The molecule has 0 radical (unpaired) electrons. The molecule has 1 aliphatic rings. The molecule has 2 rings (SSSR count). The molecule has 4 nitrogen and oxygen atoms in total. The summed E-state index contributed by atoms with van der Waals surface area (Å²) in [6, 6.07) is 0.521. The summed E-state index contributed by atoms with van der Waals surface area (Å²) in [7, 11) is -3.42. The molecule has 0 aromatic heterocycles. The maximum Gasteiger partial charge on any atom is 0.416 e. The van der Waals surface area contributed by atoms with Crippen LogP contribution in [0, 0.1) is 0 Å². The Morgan fingerprint density at radius 1 is 1.04 bits per heavy atom. The standard InChI is InChI=1S/C14H13F6NO3S/c1-12(2-3-25(23,24)7-12)21-11(22)8-4-9(13(15,16)17)6-10(5-8)14(18,19)20/h4-6H,2-3,7H2,1H3,(H,21,22). The number of nitrogens with one attached hydrogen (secondary N) is 1. The molecule has 1 heterocycles. The predicted molar refractivity (Wildman–Crippen MR) is 75.6 cm³/mol. The molecule has 11 heteroatoms. The van der Waals surface area contributed by atoms with Crippen LogP contribution in [-0.4, -0.2) is 31.4 Å². The van der Waals surface area contributed by atoms with E-state index in [1.54, 1.807) is 0 Å². The van der Waals surface area contributed by atoms with Crippen molar-refractivity contribution in [2.75, 3.05) is 11.5 Å². The Morgan fingerprint density at radius 2 is 1.52 bits per heavy atom. The van der Waals surface area contributed by atoms with Crippen molar-refractivity contribution in [2.24, 2.45) is 0 Å². The van der Waals surface area contributed by atoms with Gasteiger partial charge in [-0.3, -0.25) is 4.79 Å². The van der Waals surface area contributed by atoms with Crippen LogP contribution in [0.4, 0.5) is 26.3 Å². The Kier molecular flexibility index (Phi) is 4.60. The van der Waals surface area contributed by atoms with Crippen LogP contribution in [0.5, 0.6) is 0 Å². The highest BCUT2D eigenvalue weighted by Gasteiger charge is 2.41. The van der Waals surface area contributed by atoms with Crippen molar-refractivity contribution in [3.63, 3.8) is 0 Å². The Hall–Kier alpha value is -1.78. The van der Waals surface area contributed by atoms with Crippen LogP contribution in [-0.2, 0) is 22.2 Å². The van der Waals surface area contributed by atoms with E-state index < -0.39 is 56.1 Å². The second-order valence-electron chi connectivity index (χ2n) is 6.15. The van der Waals surface area contributed by atoms with Gasteiger partial charge in [-0.15, -0.1) is 0 Å². The number of carbonyl (C=O) groups is 1. The van der Waals surface area contributed by atoms with Crippen molar-refractivity contribution >= 4 is 15.7 Å². The Bertz CT molecular complexity index is 768. The smallest absolute Gasteiger partial charge is 0.346 e. The Morgan fingerprint density at radius 3 is 1.88 bits per heavy atom. The lowest BCUT2D eigenvalue weighted by molar-refractivity contribution is -0.143. The molecule has 1 atom stereocenters. The summed E-state index contributed by atoms with van der Waals surface area (Å²) in [5, 5.41) is 2.23. The van der Waals surface area contributed by atoms with E-state index in [9.17, 15) is 39.6 Å². The first-order chi connectivity index (χ1) is 11.1. The summed E-state index contributed by atoms with van der Waals surface area (Å²) >= 11 is 0. The zero-order valence-corrected chi connectivity index (χ0v) is 13.6. The number of halogens is 6. The fourth-order valence-corrected chi connectivity index (χ4v) is 4.63.